The quantitative estimate of drug-likeness (QED) is 0.846. The van der Waals surface area contributed by atoms with Crippen LogP contribution in [0.3, 0.4) is 0 Å². The van der Waals surface area contributed by atoms with Gasteiger partial charge in [0.05, 0.1) is 11.0 Å². The molecule has 130 valence electrons. The predicted octanol–water partition coefficient (Wildman–Crippen LogP) is 3.23. The molecule has 0 saturated carbocycles. The number of fused-ring (bicyclic) bond motifs is 1. The van der Waals surface area contributed by atoms with Gasteiger partial charge in [-0.3, -0.25) is 9.59 Å². The van der Waals surface area contributed by atoms with Crippen LogP contribution in [0.15, 0.2) is 23.0 Å². The Balaban J connectivity index is 2.42. The molecule has 0 aliphatic carbocycles. The van der Waals surface area contributed by atoms with Crippen LogP contribution >= 0.6 is 0 Å². The second-order valence-electron chi connectivity index (χ2n) is 6.84. The molecule has 1 aromatic carbocycles. The summed E-state index contributed by atoms with van der Waals surface area (Å²) in [5.74, 6) is 0.522. The first-order valence-electron chi connectivity index (χ1n) is 8.54. The molecule has 0 aliphatic rings. The van der Waals surface area contributed by atoms with Gasteiger partial charge in [0.15, 0.2) is 0 Å². The number of carbonyl (C=O) groups is 1. The Morgan fingerprint density at radius 1 is 1.29 bits per heavy atom. The summed E-state index contributed by atoms with van der Waals surface area (Å²) in [4.78, 5) is 31.1. The molecule has 0 N–H and O–H groups in total. The van der Waals surface area contributed by atoms with Crippen LogP contribution in [-0.4, -0.2) is 33.4 Å². The molecule has 0 unspecified atom stereocenters. The minimum absolute atomic E-state index is 0.0150. The van der Waals surface area contributed by atoms with Gasteiger partial charge in [0, 0.05) is 25.2 Å². The van der Waals surface area contributed by atoms with E-state index in [1.807, 2.05) is 20.0 Å². The number of aryl methyl sites for hydroxylation is 2. The van der Waals surface area contributed by atoms with E-state index in [-0.39, 0.29) is 17.5 Å². The van der Waals surface area contributed by atoms with Crippen LogP contribution in [0, 0.1) is 12.8 Å². The molecule has 0 spiro atoms. The fourth-order valence-electron chi connectivity index (χ4n) is 3.07. The van der Waals surface area contributed by atoms with Gasteiger partial charge in [-0.15, -0.1) is 0 Å². The lowest BCUT2D eigenvalue weighted by Crippen LogP contribution is -2.36. The molecule has 5 nitrogen and oxygen atoms in total. The highest BCUT2D eigenvalue weighted by Crippen LogP contribution is 2.17. The highest BCUT2D eigenvalue weighted by atomic mass is 16.2. The van der Waals surface area contributed by atoms with E-state index in [9.17, 15) is 9.59 Å². The number of hydrogen-bond donors (Lipinski definition) is 0. The smallest absolute Gasteiger partial charge is 0.272 e. The number of carbonyl (C=O) groups excluding carboxylic acids is 1. The van der Waals surface area contributed by atoms with Crippen LogP contribution in [-0.2, 0) is 6.54 Å². The van der Waals surface area contributed by atoms with E-state index in [1.54, 1.807) is 28.5 Å². The van der Waals surface area contributed by atoms with E-state index in [1.165, 1.54) is 0 Å². The minimum Gasteiger partial charge on any atom is -0.339 e. The molecule has 1 heterocycles. The van der Waals surface area contributed by atoms with Gasteiger partial charge in [0.2, 0.25) is 0 Å². The third-order valence-corrected chi connectivity index (χ3v) is 4.47. The Labute approximate surface area is 143 Å². The van der Waals surface area contributed by atoms with Gasteiger partial charge in [0.1, 0.15) is 5.69 Å². The molecular weight excluding hydrogens is 302 g/mol. The van der Waals surface area contributed by atoms with Crippen molar-refractivity contribution in [1.82, 2.24) is 14.5 Å². The van der Waals surface area contributed by atoms with Gasteiger partial charge in [-0.2, -0.15) is 0 Å². The van der Waals surface area contributed by atoms with E-state index in [4.69, 9.17) is 0 Å². The maximum Gasteiger partial charge on any atom is 0.272 e. The van der Waals surface area contributed by atoms with E-state index >= 15 is 0 Å². The monoisotopic (exact) mass is 329 g/mol. The van der Waals surface area contributed by atoms with E-state index < -0.39 is 0 Å². The highest BCUT2D eigenvalue weighted by Gasteiger charge is 2.19. The topological polar surface area (TPSA) is 55.2 Å². The summed E-state index contributed by atoms with van der Waals surface area (Å²) in [6.07, 6.45) is 0.961. The van der Waals surface area contributed by atoms with Crippen LogP contribution in [0.25, 0.3) is 11.0 Å². The third-order valence-electron chi connectivity index (χ3n) is 4.47. The van der Waals surface area contributed by atoms with Gasteiger partial charge in [-0.1, -0.05) is 13.8 Å². The Morgan fingerprint density at radius 3 is 2.54 bits per heavy atom. The number of amides is 1. The summed E-state index contributed by atoms with van der Waals surface area (Å²) >= 11 is 0. The van der Waals surface area contributed by atoms with Crippen LogP contribution in [0.5, 0.6) is 0 Å². The fraction of sp³-hybridized carbons (Fsp3) is 0.526. The van der Waals surface area contributed by atoms with Crippen molar-refractivity contribution >= 4 is 16.9 Å². The number of benzene rings is 1. The Morgan fingerprint density at radius 2 is 1.96 bits per heavy atom. The predicted molar refractivity (Wildman–Crippen MR) is 97.4 cm³/mol. The van der Waals surface area contributed by atoms with Crippen molar-refractivity contribution in [3.05, 3.63) is 39.8 Å². The second-order valence-corrected chi connectivity index (χ2v) is 6.84. The molecule has 0 aliphatic heterocycles. The highest BCUT2D eigenvalue weighted by molar-refractivity contribution is 5.97. The number of rotatable bonds is 5. The Bertz CT molecular complexity index is 808. The van der Waals surface area contributed by atoms with Gasteiger partial charge in [-0.25, -0.2) is 4.98 Å². The largest absolute Gasteiger partial charge is 0.339 e. The minimum atomic E-state index is -0.0771. The lowest BCUT2D eigenvalue weighted by Gasteiger charge is -2.26. The van der Waals surface area contributed by atoms with Crippen molar-refractivity contribution < 1.29 is 4.79 Å². The molecule has 0 radical (unpaired) electrons. The van der Waals surface area contributed by atoms with E-state index in [0.717, 1.165) is 11.9 Å². The number of aromatic nitrogens is 2. The normalized spacial score (nSPS) is 12.6. The number of nitrogens with zero attached hydrogens (tertiary/aromatic N) is 3. The van der Waals surface area contributed by atoms with Crippen molar-refractivity contribution in [3.8, 4) is 0 Å². The summed E-state index contributed by atoms with van der Waals surface area (Å²) in [6, 6.07) is 5.56. The summed E-state index contributed by atoms with van der Waals surface area (Å²) in [6.45, 7) is 10.6. The lowest BCUT2D eigenvalue weighted by atomic mass is 10.0. The molecule has 0 bridgehead atoms. The first-order chi connectivity index (χ1) is 11.3. The standard InChI is InChI=1S/C19H27N3O2/c1-7-22-17-9-8-15(11-16(17)20-14(5)18(22)23)19(24)21(6)13(4)10-12(2)3/h8-9,11-13H,7,10H2,1-6H3/t13-/m0/s1. The molecule has 0 saturated heterocycles. The Hall–Kier alpha value is -2.17. The van der Waals surface area contributed by atoms with Gasteiger partial charge >= 0.3 is 0 Å². The van der Waals surface area contributed by atoms with Crippen LogP contribution in [0.2, 0.25) is 0 Å². The molecule has 2 rings (SSSR count). The van der Waals surface area contributed by atoms with Crippen LogP contribution in [0.4, 0.5) is 0 Å². The summed E-state index contributed by atoms with van der Waals surface area (Å²) < 4.78 is 1.69. The van der Waals surface area contributed by atoms with Crippen molar-refractivity contribution in [3.63, 3.8) is 0 Å². The molecule has 1 aromatic heterocycles. The maximum absolute atomic E-state index is 12.7. The molecule has 24 heavy (non-hydrogen) atoms. The van der Waals surface area contributed by atoms with Crippen molar-refractivity contribution in [2.45, 2.75) is 53.6 Å². The fourth-order valence-corrected chi connectivity index (χ4v) is 3.07. The van der Waals surface area contributed by atoms with Gasteiger partial charge < -0.3 is 9.47 Å². The van der Waals surface area contributed by atoms with Gasteiger partial charge in [0.25, 0.3) is 11.5 Å². The van der Waals surface area contributed by atoms with Crippen molar-refractivity contribution in [2.24, 2.45) is 5.92 Å². The Kier molecular flexibility index (Phi) is 5.42. The molecule has 0 fully saturated rings. The third kappa shape index (κ3) is 3.50. The number of hydrogen-bond acceptors (Lipinski definition) is 3. The average molecular weight is 329 g/mol. The zero-order valence-corrected chi connectivity index (χ0v) is 15.5. The molecule has 1 atom stereocenters. The zero-order valence-electron chi connectivity index (χ0n) is 15.5. The van der Waals surface area contributed by atoms with Crippen LogP contribution < -0.4 is 5.56 Å². The van der Waals surface area contributed by atoms with Gasteiger partial charge in [-0.05, 0) is 51.3 Å². The molecule has 5 heteroatoms. The van der Waals surface area contributed by atoms with Crippen molar-refractivity contribution in [1.29, 1.82) is 0 Å². The van der Waals surface area contributed by atoms with E-state index in [2.05, 4.69) is 25.8 Å². The first-order valence-corrected chi connectivity index (χ1v) is 8.54. The maximum atomic E-state index is 12.7. The SMILES string of the molecule is CCn1c(=O)c(C)nc2cc(C(=O)N(C)[C@@H](C)CC(C)C)ccc21. The van der Waals surface area contributed by atoms with Crippen molar-refractivity contribution in [2.75, 3.05) is 7.05 Å². The first kappa shape index (κ1) is 18.2. The molecular formula is C19H27N3O2. The average Bonchev–Trinajstić information content (AvgIpc) is 2.53. The molecule has 2 aromatic rings. The zero-order chi connectivity index (χ0) is 18.0. The summed E-state index contributed by atoms with van der Waals surface area (Å²) in [7, 11) is 1.84. The molecule has 1 amide bonds. The summed E-state index contributed by atoms with van der Waals surface area (Å²) in [5.41, 5.74) is 2.43. The lowest BCUT2D eigenvalue weighted by molar-refractivity contribution is 0.0728. The second kappa shape index (κ2) is 7.16. The summed E-state index contributed by atoms with van der Waals surface area (Å²) in [5, 5.41) is 0. The van der Waals surface area contributed by atoms with E-state index in [0.29, 0.717) is 29.2 Å². The van der Waals surface area contributed by atoms with Crippen LogP contribution in [0.1, 0.15) is 50.2 Å².